The van der Waals surface area contributed by atoms with Crippen LogP contribution in [0.4, 0.5) is 4.39 Å². The third-order valence-corrected chi connectivity index (χ3v) is 6.36. The summed E-state index contributed by atoms with van der Waals surface area (Å²) >= 11 is 0. The van der Waals surface area contributed by atoms with Crippen molar-refractivity contribution in [3.63, 3.8) is 0 Å². The van der Waals surface area contributed by atoms with Crippen LogP contribution in [-0.2, 0) is 16.3 Å². The third-order valence-electron chi connectivity index (χ3n) is 4.61. The van der Waals surface area contributed by atoms with Gasteiger partial charge in [0.15, 0.2) is 0 Å². The van der Waals surface area contributed by atoms with Crippen LogP contribution in [0.2, 0.25) is 0 Å². The molecule has 0 spiro atoms. The molecule has 0 heterocycles. The Labute approximate surface area is 142 Å². The van der Waals surface area contributed by atoms with Crippen LogP contribution in [-0.4, -0.2) is 21.5 Å². The lowest BCUT2D eigenvalue weighted by atomic mass is 9.83. The molecule has 2 aromatic carbocycles. The van der Waals surface area contributed by atoms with E-state index in [9.17, 15) is 12.8 Å². The molecule has 1 N–H and O–H groups in total. The predicted molar refractivity (Wildman–Crippen MR) is 92.5 cm³/mol. The monoisotopic (exact) mass is 347 g/mol. The topological polar surface area (TPSA) is 46.2 Å². The first-order valence-electron chi connectivity index (χ1n) is 8.36. The molecule has 3 nitrogen and oxygen atoms in total. The van der Waals surface area contributed by atoms with Crippen molar-refractivity contribution in [1.82, 2.24) is 5.32 Å². The van der Waals surface area contributed by atoms with Crippen molar-refractivity contribution < 1.29 is 12.8 Å². The Balaban J connectivity index is 1.96. The van der Waals surface area contributed by atoms with Crippen molar-refractivity contribution in [2.24, 2.45) is 0 Å². The quantitative estimate of drug-likeness (QED) is 0.897. The molecule has 24 heavy (non-hydrogen) atoms. The van der Waals surface area contributed by atoms with Crippen LogP contribution in [0.5, 0.6) is 0 Å². The number of hydrogen-bond acceptors (Lipinski definition) is 3. The molecule has 0 saturated heterocycles. The van der Waals surface area contributed by atoms with Crippen molar-refractivity contribution in [2.75, 3.05) is 13.1 Å². The maximum absolute atomic E-state index is 13.4. The number of benzene rings is 2. The molecule has 128 valence electrons. The van der Waals surface area contributed by atoms with E-state index in [4.69, 9.17) is 0 Å². The molecule has 0 amide bonds. The van der Waals surface area contributed by atoms with Crippen LogP contribution >= 0.6 is 0 Å². The van der Waals surface area contributed by atoms with Crippen LogP contribution in [0.3, 0.4) is 0 Å². The molecule has 0 fully saturated rings. The second-order valence-electron chi connectivity index (χ2n) is 6.22. The van der Waals surface area contributed by atoms with Gasteiger partial charge in [-0.25, -0.2) is 12.8 Å². The highest BCUT2D eigenvalue weighted by Gasteiger charge is 2.24. The van der Waals surface area contributed by atoms with Gasteiger partial charge in [0.05, 0.1) is 9.79 Å². The Morgan fingerprint density at radius 3 is 2.71 bits per heavy atom. The molecule has 0 unspecified atom stereocenters. The van der Waals surface area contributed by atoms with Gasteiger partial charge in [-0.2, -0.15) is 0 Å². The molecule has 5 heteroatoms. The van der Waals surface area contributed by atoms with Gasteiger partial charge >= 0.3 is 0 Å². The minimum atomic E-state index is -3.69. The van der Waals surface area contributed by atoms with Gasteiger partial charge in [0.1, 0.15) is 5.82 Å². The Bertz CT molecular complexity index is 833. The van der Waals surface area contributed by atoms with Crippen LogP contribution in [0.15, 0.2) is 52.3 Å². The highest BCUT2D eigenvalue weighted by atomic mass is 32.2. The molecule has 3 rings (SSSR count). The zero-order valence-corrected chi connectivity index (χ0v) is 14.6. The SMILES string of the molecule is CCNC[C@@H]1CCCc2cc(S(=O)(=O)c3cccc(F)c3)ccc21. The van der Waals surface area contributed by atoms with E-state index in [-0.39, 0.29) is 9.79 Å². The van der Waals surface area contributed by atoms with E-state index in [2.05, 4.69) is 12.2 Å². The van der Waals surface area contributed by atoms with Gasteiger partial charge in [0.2, 0.25) is 9.84 Å². The lowest BCUT2D eigenvalue weighted by molar-refractivity contribution is 0.514. The van der Waals surface area contributed by atoms with Crippen molar-refractivity contribution in [3.8, 4) is 0 Å². The standard InChI is InChI=1S/C19H22FNO2S/c1-2-21-13-15-6-3-5-14-11-18(9-10-19(14)15)24(22,23)17-8-4-7-16(20)12-17/h4,7-12,15,21H,2-3,5-6,13H2,1H3/t15-/m0/s1. The first kappa shape index (κ1) is 17.1. The van der Waals surface area contributed by atoms with Gasteiger partial charge in [-0.15, -0.1) is 0 Å². The lowest BCUT2D eigenvalue weighted by Crippen LogP contribution is -2.24. The number of fused-ring (bicyclic) bond motifs is 1. The van der Waals surface area contributed by atoms with Crippen LogP contribution in [0.1, 0.15) is 36.8 Å². The van der Waals surface area contributed by atoms with E-state index in [0.717, 1.165) is 44.0 Å². The summed E-state index contributed by atoms with van der Waals surface area (Å²) in [6.45, 7) is 3.93. The van der Waals surface area contributed by atoms with Crippen LogP contribution in [0, 0.1) is 5.82 Å². The van der Waals surface area contributed by atoms with Crippen molar-refractivity contribution in [3.05, 3.63) is 59.4 Å². The largest absolute Gasteiger partial charge is 0.316 e. The summed E-state index contributed by atoms with van der Waals surface area (Å²) in [5.41, 5.74) is 2.34. The van der Waals surface area contributed by atoms with Gasteiger partial charge in [0.25, 0.3) is 0 Å². The summed E-state index contributed by atoms with van der Waals surface area (Å²) in [4.78, 5) is 0.249. The van der Waals surface area contributed by atoms with Crippen molar-refractivity contribution >= 4 is 9.84 Å². The molecule has 0 saturated carbocycles. The summed E-state index contributed by atoms with van der Waals surface area (Å²) in [5.74, 6) is -0.112. The number of halogens is 1. The van der Waals surface area contributed by atoms with Crippen LogP contribution < -0.4 is 5.32 Å². The maximum Gasteiger partial charge on any atom is 0.206 e. The number of aryl methyl sites for hydroxylation is 1. The number of sulfone groups is 1. The first-order valence-corrected chi connectivity index (χ1v) is 9.85. The summed E-state index contributed by atoms with van der Waals surface area (Å²) in [5, 5.41) is 3.38. The lowest BCUT2D eigenvalue weighted by Gasteiger charge is -2.26. The molecule has 0 aliphatic heterocycles. The number of hydrogen-bond donors (Lipinski definition) is 1. The predicted octanol–water partition coefficient (Wildman–Crippen LogP) is 3.69. The minimum absolute atomic E-state index is 0.00228. The van der Waals surface area contributed by atoms with E-state index in [1.54, 1.807) is 12.1 Å². The Hall–Kier alpha value is -1.72. The third kappa shape index (κ3) is 3.37. The molecule has 2 aromatic rings. The Morgan fingerprint density at radius 1 is 1.17 bits per heavy atom. The highest BCUT2D eigenvalue weighted by Crippen LogP contribution is 2.33. The van der Waals surface area contributed by atoms with Crippen LogP contribution in [0.25, 0.3) is 0 Å². The van der Waals surface area contributed by atoms with E-state index in [1.807, 2.05) is 6.07 Å². The fourth-order valence-corrected chi connectivity index (χ4v) is 4.70. The molecular weight excluding hydrogens is 325 g/mol. The Kier molecular flexibility index (Phi) is 5.01. The van der Waals surface area contributed by atoms with E-state index in [0.29, 0.717) is 5.92 Å². The van der Waals surface area contributed by atoms with Gasteiger partial charge < -0.3 is 5.32 Å². The average Bonchev–Trinajstić information content (AvgIpc) is 2.59. The molecule has 1 aliphatic rings. The van der Waals surface area contributed by atoms with Gasteiger partial charge in [-0.3, -0.25) is 0 Å². The second kappa shape index (κ2) is 7.03. The zero-order valence-electron chi connectivity index (χ0n) is 13.8. The normalized spacial score (nSPS) is 17.5. The van der Waals surface area contributed by atoms with Crippen molar-refractivity contribution in [1.29, 1.82) is 0 Å². The zero-order chi connectivity index (χ0) is 17.2. The van der Waals surface area contributed by atoms with Gasteiger partial charge in [-0.05, 0) is 73.2 Å². The maximum atomic E-state index is 13.4. The molecular formula is C19H22FNO2S. The number of rotatable bonds is 5. The highest BCUT2D eigenvalue weighted by molar-refractivity contribution is 7.91. The molecule has 0 radical (unpaired) electrons. The van der Waals surface area contributed by atoms with Gasteiger partial charge in [0, 0.05) is 6.54 Å². The minimum Gasteiger partial charge on any atom is -0.316 e. The summed E-state index contributed by atoms with van der Waals surface area (Å²) in [6, 6.07) is 10.5. The Morgan fingerprint density at radius 2 is 1.96 bits per heavy atom. The van der Waals surface area contributed by atoms with Crippen molar-refractivity contribution in [2.45, 2.75) is 41.9 Å². The smallest absolute Gasteiger partial charge is 0.206 e. The average molecular weight is 347 g/mol. The summed E-state index contributed by atoms with van der Waals surface area (Å²) in [6.07, 6.45) is 3.08. The molecule has 0 aromatic heterocycles. The fourth-order valence-electron chi connectivity index (χ4n) is 3.36. The van der Waals surface area contributed by atoms with E-state index >= 15 is 0 Å². The first-order chi connectivity index (χ1) is 11.5. The second-order valence-corrected chi connectivity index (χ2v) is 8.17. The summed E-state index contributed by atoms with van der Waals surface area (Å²) < 4.78 is 38.9. The molecule has 1 atom stereocenters. The molecule has 0 bridgehead atoms. The fraction of sp³-hybridized carbons (Fsp3) is 0.368. The summed E-state index contributed by atoms with van der Waals surface area (Å²) in [7, 11) is -3.69. The number of nitrogens with one attached hydrogen (secondary N) is 1. The van der Waals surface area contributed by atoms with E-state index in [1.165, 1.54) is 23.8 Å². The van der Waals surface area contributed by atoms with E-state index < -0.39 is 15.7 Å². The molecule has 1 aliphatic carbocycles. The van der Waals surface area contributed by atoms with Gasteiger partial charge in [-0.1, -0.05) is 19.1 Å². The number of likely N-dealkylation sites (N-methyl/N-ethyl adjacent to an activating group) is 1.